The molecule has 0 amide bonds. The molecule has 0 aliphatic carbocycles. The van der Waals surface area contributed by atoms with Gasteiger partial charge in [-0.25, -0.2) is 0 Å². The van der Waals surface area contributed by atoms with E-state index in [0.717, 1.165) is 13.1 Å². The third-order valence-corrected chi connectivity index (χ3v) is 3.77. The monoisotopic (exact) mass is 314 g/mol. The summed E-state index contributed by atoms with van der Waals surface area (Å²) in [5, 5.41) is 20.0. The van der Waals surface area contributed by atoms with Crippen LogP contribution < -0.4 is 4.90 Å². The Bertz CT molecular complexity index is 542. The lowest BCUT2D eigenvalue weighted by Crippen LogP contribution is -2.46. The third-order valence-electron chi connectivity index (χ3n) is 3.20. The van der Waals surface area contributed by atoms with Crippen LogP contribution in [0.4, 0.5) is 11.4 Å². The van der Waals surface area contributed by atoms with Crippen molar-refractivity contribution in [2.75, 3.05) is 37.6 Å². The minimum atomic E-state index is -0.521. The van der Waals surface area contributed by atoms with Crippen LogP contribution in [0.2, 0.25) is 10.0 Å². The second kappa shape index (κ2) is 6.27. The third kappa shape index (κ3) is 3.12. The highest BCUT2D eigenvalue weighted by Crippen LogP contribution is 2.37. The summed E-state index contributed by atoms with van der Waals surface area (Å²) in [5.74, 6) is 0. The van der Waals surface area contributed by atoms with Crippen molar-refractivity contribution >= 4 is 34.6 Å². The molecule has 1 aliphatic heterocycles. The van der Waals surface area contributed by atoms with E-state index in [1.807, 2.05) is 9.80 Å². The maximum absolute atomic E-state index is 10.7. The minimum Gasteiger partial charge on any atom is -0.367 e. The average molecular weight is 315 g/mol. The molecule has 0 radical (unpaired) electrons. The minimum absolute atomic E-state index is 0.119. The molecule has 1 heterocycles. The van der Waals surface area contributed by atoms with Gasteiger partial charge in [0.2, 0.25) is 0 Å². The predicted octanol–water partition coefficient (Wildman–Crippen LogP) is 2.55. The van der Waals surface area contributed by atoms with Crippen molar-refractivity contribution in [3.8, 4) is 6.07 Å². The molecule has 0 unspecified atom stereocenters. The number of nitriles is 1. The zero-order chi connectivity index (χ0) is 14.7. The normalized spacial score (nSPS) is 15.9. The fraction of sp³-hybridized carbons (Fsp3) is 0.417. The van der Waals surface area contributed by atoms with Crippen molar-refractivity contribution in [2.24, 2.45) is 0 Å². The van der Waals surface area contributed by atoms with Crippen LogP contribution in [-0.2, 0) is 0 Å². The zero-order valence-electron chi connectivity index (χ0n) is 10.6. The molecule has 20 heavy (non-hydrogen) atoms. The lowest BCUT2D eigenvalue weighted by molar-refractivity contribution is -0.384. The summed E-state index contributed by atoms with van der Waals surface area (Å²) in [5.41, 5.74) is 0.502. The van der Waals surface area contributed by atoms with Crippen LogP contribution in [0.3, 0.4) is 0 Å². The van der Waals surface area contributed by atoms with Crippen LogP contribution in [0, 0.1) is 21.4 Å². The van der Waals surface area contributed by atoms with Crippen molar-refractivity contribution in [2.45, 2.75) is 0 Å². The van der Waals surface area contributed by atoms with E-state index < -0.39 is 4.92 Å². The van der Waals surface area contributed by atoms with Crippen LogP contribution in [-0.4, -0.2) is 42.5 Å². The second-order valence-electron chi connectivity index (χ2n) is 4.44. The first-order valence-corrected chi connectivity index (χ1v) is 6.76. The van der Waals surface area contributed by atoms with Crippen LogP contribution in [0.5, 0.6) is 0 Å². The summed E-state index contributed by atoms with van der Waals surface area (Å²) in [7, 11) is 0. The molecule has 1 aromatic rings. The highest BCUT2D eigenvalue weighted by molar-refractivity contribution is 6.39. The molecule has 1 fully saturated rings. The molecule has 6 nitrogen and oxygen atoms in total. The Labute approximate surface area is 126 Å². The first-order valence-electron chi connectivity index (χ1n) is 6.00. The van der Waals surface area contributed by atoms with E-state index >= 15 is 0 Å². The van der Waals surface area contributed by atoms with E-state index in [2.05, 4.69) is 6.07 Å². The molecule has 0 saturated carbocycles. The molecular formula is C12H12Cl2N4O2. The van der Waals surface area contributed by atoms with Gasteiger partial charge in [0.1, 0.15) is 0 Å². The Balaban J connectivity index is 2.18. The Kier molecular flexibility index (Phi) is 4.65. The summed E-state index contributed by atoms with van der Waals surface area (Å²) in [4.78, 5) is 14.2. The number of nitro groups is 1. The molecule has 0 aromatic heterocycles. The Hall–Kier alpha value is -1.55. The van der Waals surface area contributed by atoms with Crippen molar-refractivity contribution in [1.29, 1.82) is 5.26 Å². The topological polar surface area (TPSA) is 73.4 Å². The summed E-state index contributed by atoms with van der Waals surface area (Å²) in [6.07, 6.45) is 0. The van der Waals surface area contributed by atoms with Gasteiger partial charge in [-0.3, -0.25) is 15.0 Å². The number of halogens is 2. The summed E-state index contributed by atoms with van der Waals surface area (Å²) in [6.45, 7) is 3.22. The standard InChI is InChI=1S/C12H12Cl2N4O2/c13-10-7-9(18(19)20)8-11(14)12(10)17-5-3-16(2-1-15)4-6-17/h7-8H,2-6H2. The van der Waals surface area contributed by atoms with Crippen molar-refractivity contribution in [1.82, 2.24) is 4.90 Å². The number of benzene rings is 1. The fourth-order valence-corrected chi connectivity index (χ4v) is 2.90. The summed E-state index contributed by atoms with van der Waals surface area (Å²) < 4.78 is 0. The van der Waals surface area contributed by atoms with Crippen LogP contribution in [0.1, 0.15) is 0 Å². The van der Waals surface area contributed by atoms with Gasteiger partial charge in [-0.1, -0.05) is 23.2 Å². The lowest BCUT2D eigenvalue weighted by atomic mass is 10.2. The van der Waals surface area contributed by atoms with Gasteiger partial charge < -0.3 is 4.90 Å². The first kappa shape index (κ1) is 14.9. The van der Waals surface area contributed by atoms with Gasteiger partial charge in [0, 0.05) is 38.3 Å². The molecule has 0 spiro atoms. The van der Waals surface area contributed by atoms with Gasteiger partial charge in [-0.15, -0.1) is 0 Å². The van der Waals surface area contributed by atoms with Gasteiger partial charge >= 0.3 is 0 Å². The number of piperazine rings is 1. The van der Waals surface area contributed by atoms with Gasteiger partial charge in [0.25, 0.3) is 5.69 Å². The van der Waals surface area contributed by atoms with Crippen molar-refractivity contribution < 1.29 is 4.92 Å². The number of nitro benzene ring substituents is 1. The van der Waals surface area contributed by atoms with Gasteiger partial charge in [0.05, 0.1) is 33.3 Å². The molecule has 1 aromatic carbocycles. The molecular weight excluding hydrogens is 303 g/mol. The molecule has 0 atom stereocenters. The largest absolute Gasteiger partial charge is 0.367 e. The van der Waals surface area contributed by atoms with Gasteiger partial charge in [0.15, 0.2) is 0 Å². The first-order chi connectivity index (χ1) is 9.52. The SMILES string of the molecule is N#CCN1CCN(c2c(Cl)cc([N+](=O)[O-])cc2Cl)CC1. The van der Waals surface area contributed by atoms with Crippen LogP contribution in [0.25, 0.3) is 0 Å². The van der Waals surface area contributed by atoms with E-state index in [-0.39, 0.29) is 15.7 Å². The fourth-order valence-electron chi connectivity index (χ4n) is 2.19. The summed E-state index contributed by atoms with van der Waals surface area (Å²) in [6, 6.07) is 4.73. The number of rotatable bonds is 3. The maximum Gasteiger partial charge on any atom is 0.272 e. The highest BCUT2D eigenvalue weighted by atomic mass is 35.5. The number of anilines is 1. The molecule has 8 heteroatoms. The van der Waals surface area contributed by atoms with E-state index in [1.54, 1.807) is 0 Å². The molecule has 0 N–H and O–H groups in total. The second-order valence-corrected chi connectivity index (χ2v) is 5.25. The number of nitrogens with zero attached hydrogens (tertiary/aromatic N) is 4. The van der Waals surface area contributed by atoms with Crippen LogP contribution in [0.15, 0.2) is 12.1 Å². The van der Waals surface area contributed by atoms with Crippen molar-refractivity contribution in [3.63, 3.8) is 0 Å². The number of non-ortho nitro benzene ring substituents is 1. The molecule has 2 rings (SSSR count). The molecule has 1 saturated heterocycles. The summed E-state index contributed by atoms with van der Waals surface area (Å²) >= 11 is 12.2. The van der Waals surface area contributed by atoms with Crippen molar-refractivity contribution in [3.05, 3.63) is 32.3 Å². The van der Waals surface area contributed by atoms with E-state index in [0.29, 0.717) is 25.3 Å². The Morgan fingerprint density at radius 2 is 1.80 bits per heavy atom. The average Bonchev–Trinajstić information content (AvgIpc) is 2.40. The van der Waals surface area contributed by atoms with Gasteiger partial charge in [-0.05, 0) is 0 Å². The molecule has 106 valence electrons. The smallest absolute Gasteiger partial charge is 0.272 e. The quantitative estimate of drug-likeness (QED) is 0.487. The van der Waals surface area contributed by atoms with E-state index in [4.69, 9.17) is 28.5 Å². The van der Waals surface area contributed by atoms with E-state index in [1.165, 1.54) is 12.1 Å². The van der Waals surface area contributed by atoms with Gasteiger partial charge in [-0.2, -0.15) is 5.26 Å². The molecule has 1 aliphatic rings. The lowest BCUT2D eigenvalue weighted by Gasteiger charge is -2.35. The number of hydrogen-bond donors (Lipinski definition) is 0. The number of hydrogen-bond acceptors (Lipinski definition) is 5. The van der Waals surface area contributed by atoms with Crippen LogP contribution >= 0.6 is 23.2 Å². The molecule has 0 bridgehead atoms. The zero-order valence-corrected chi connectivity index (χ0v) is 12.1. The Morgan fingerprint density at radius 1 is 1.25 bits per heavy atom. The Morgan fingerprint density at radius 3 is 2.25 bits per heavy atom. The highest BCUT2D eigenvalue weighted by Gasteiger charge is 2.23. The predicted molar refractivity (Wildman–Crippen MR) is 77.4 cm³/mol. The maximum atomic E-state index is 10.7. The van der Waals surface area contributed by atoms with E-state index in [9.17, 15) is 10.1 Å².